The van der Waals surface area contributed by atoms with Crippen molar-refractivity contribution in [1.29, 1.82) is 0 Å². The molecule has 2 N–H and O–H groups in total. The first kappa shape index (κ1) is 8.53. The van der Waals surface area contributed by atoms with Crippen LogP contribution in [0, 0.1) is 5.92 Å². The molecule has 0 fully saturated rings. The molecule has 0 aromatic rings. The third-order valence-corrected chi connectivity index (χ3v) is 1.29. The number of hydrogen-bond acceptors (Lipinski definition) is 1. The first-order valence-electron chi connectivity index (χ1n) is 3.15. The lowest BCUT2D eigenvalue weighted by molar-refractivity contribution is -0.118. The van der Waals surface area contributed by atoms with Crippen molar-refractivity contribution in [2.24, 2.45) is 11.7 Å². The Morgan fingerprint density at radius 3 is 2.67 bits per heavy atom. The van der Waals surface area contributed by atoms with Gasteiger partial charge in [0.25, 0.3) is 0 Å². The second-order valence-corrected chi connectivity index (χ2v) is 2.35. The van der Waals surface area contributed by atoms with E-state index in [1.807, 2.05) is 6.92 Å². The van der Waals surface area contributed by atoms with Gasteiger partial charge in [0.05, 0.1) is 7.85 Å². The number of carbonyl (C=O) groups excluding carboxylic acids is 1. The zero-order valence-corrected chi connectivity index (χ0v) is 5.76. The zero-order valence-electron chi connectivity index (χ0n) is 5.76. The molecule has 0 aliphatic rings. The number of primary amides is 1. The van der Waals surface area contributed by atoms with Crippen LogP contribution in [-0.2, 0) is 4.79 Å². The number of hydrogen-bond donors (Lipinski definition) is 1. The van der Waals surface area contributed by atoms with Gasteiger partial charge in [-0.1, -0.05) is 19.2 Å². The van der Waals surface area contributed by atoms with E-state index in [4.69, 9.17) is 13.6 Å². The standard InChI is InChI=1S/C6H12BNO/c1-5(4-7)2-3-6(8)9/h5H,2-4H2,1H3,(H2,8,9). The van der Waals surface area contributed by atoms with Crippen LogP contribution < -0.4 is 5.73 Å². The van der Waals surface area contributed by atoms with Crippen LogP contribution in [0.2, 0.25) is 6.32 Å². The summed E-state index contributed by atoms with van der Waals surface area (Å²) in [6.45, 7) is 2.00. The molecule has 9 heavy (non-hydrogen) atoms. The minimum absolute atomic E-state index is 0.240. The van der Waals surface area contributed by atoms with Crippen LogP contribution in [0.25, 0.3) is 0 Å². The maximum atomic E-state index is 10.2. The fraction of sp³-hybridized carbons (Fsp3) is 0.833. The molecule has 0 bridgehead atoms. The molecular weight excluding hydrogens is 113 g/mol. The van der Waals surface area contributed by atoms with Gasteiger partial charge in [0.2, 0.25) is 5.91 Å². The lowest BCUT2D eigenvalue weighted by atomic mass is 9.89. The molecule has 0 aromatic heterocycles. The first-order valence-corrected chi connectivity index (χ1v) is 3.15. The molecule has 2 nitrogen and oxygen atoms in total. The van der Waals surface area contributed by atoms with E-state index >= 15 is 0 Å². The van der Waals surface area contributed by atoms with Crippen LogP contribution in [0.1, 0.15) is 19.8 Å². The summed E-state index contributed by atoms with van der Waals surface area (Å²) in [4.78, 5) is 10.2. The Morgan fingerprint density at radius 2 is 2.33 bits per heavy atom. The highest BCUT2D eigenvalue weighted by Crippen LogP contribution is 2.07. The van der Waals surface area contributed by atoms with Crippen molar-refractivity contribution in [3.05, 3.63) is 0 Å². The van der Waals surface area contributed by atoms with Crippen molar-refractivity contribution in [3.8, 4) is 0 Å². The molecule has 1 atom stereocenters. The van der Waals surface area contributed by atoms with Crippen LogP contribution in [-0.4, -0.2) is 13.8 Å². The molecule has 0 saturated heterocycles. The van der Waals surface area contributed by atoms with Gasteiger partial charge in [-0.3, -0.25) is 4.79 Å². The molecule has 1 amide bonds. The molecular formula is C6H12BNO. The quantitative estimate of drug-likeness (QED) is 0.545. The first-order chi connectivity index (χ1) is 4.16. The van der Waals surface area contributed by atoms with Crippen LogP contribution in [0.15, 0.2) is 0 Å². The number of rotatable bonds is 4. The van der Waals surface area contributed by atoms with Gasteiger partial charge in [-0.25, -0.2) is 0 Å². The molecule has 0 saturated carbocycles. The van der Waals surface area contributed by atoms with Gasteiger partial charge in [-0.05, 0) is 6.42 Å². The number of nitrogens with two attached hydrogens (primary N) is 1. The van der Waals surface area contributed by atoms with Crippen LogP contribution >= 0.6 is 0 Å². The zero-order chi connectivity index (χ0) is 7.28. The minimum atomic E-state index is -0.240. The van der Waals surface area contributed by atoms with E-state index in [0.717, 1.165) is 6.42 Å². The maximum absolute atomic E-state index is 10.2. The van der Waals surface area contributed by atoms with Gasteiger partial charge in [0.15, 0.2) is 0 Å². The largest absolute Gasteiger partial charge is 0.370 e. The SMILES string of the molecule is [B]CC(C)CCC(N)=O. The monoisotopic (exact) mass is 125 g/mol. The highest BCUT2D eigenvalue weighted by molar-refractivity contribution is 6.08. The molecule has 0 rings (SSSR count). The molecule has 0 aliphatic heterocycles. The van der Waals surface area contributed by atoms with Gasteiger partial charge in [-0.2, -0.15) is 0 Å². The fourth-order valence-corrected chi connectivity index (χ4v) is 0.507. The van der Waals surface area contributed by atoms with Crippen molar-refractivity contribution < 1.29 is 4.79 Å². The third-order valence-electron chi connectivity index (χ3n) is 1.29. The Balaban J connectivity index is 3.16. The average Bonchev–Trinajstić information content (AvgIpc) is 1.83. The molecule has 0 spiro atoms. The van der Waals surface area contributed by atoms with E-state index in [1.165, 1.54) is 0 Å². The van der Waals surface area contributed by atoms with Gasteiger partial charge >= 0.3 is 0 Å². The molecule has 0 aliphatic carbocycles. The van der Waals surface area contributed by atoms with Crippen molar-refractivity contribution in [1.82, 2.24) is 0 Å². The van der Waals surface area contributed by atoms with Crippen LogP contribution in [0.3, 0.4) is 0 Å². The van der Waals surface area contributed by atoms with Gasteiger partial charge < -0.3 is 5.73 Å². The van der Waals surface area contributed by atoms with Crippen LogP contribution in [0.5, 0.6) is 0 Å². The van der Waals surface area contributed by atoms with E-state index in [9.17, 15) is 4.79 Å². The van der Waals surface area contributed by atoms with Gasteiger partial charge in [0, 0.05) is 6.42 Å². The Morgan fingerprint density at radius 1 is 1.78 bits per heavy atom. The summed E-state index contributed by atoms with van der Waals surface area (Å²) in [5, 5.41) is 0. The lowest BCUT2D eigenvalue weighted by Gasteiger charge is -2.04. The van der Waals surface area contributed by atoms with E-state index in [-0.39, 0.29) is 5.91 Å². The summed E-state index contributed by atoms with van der Waals surface area (Å²) in [7, 11) is 5.31. The minimum Gasteiger partial charge on any atom is -0.370 e. The van der Waals surface area contributed by atoms with Crippen molar-refractivity contribution in [2.75, 3.05) is 0 Å². The predicted octanol–water partition coefficient (Wildman–Crippen LogP) is 0.475. The van der Waals surface area contributed by atoms with Gasteiger partial charge in [-0.15, -0.1) is 0 Å². The second kappa shape index (κ2) is 4.42. The van der Waals surface area contributed by atoms with Crippen molar-refractivity contribution >= 4 is 13.8 Å². The van der Waals surface area contributed by atoms with E-state index in [2.05, 4.69) is 0 Å². The van der Waals surface area contributed by atoms with E-state index in [0.29, 0.717) is 18.7 Å². The topological polar surface area (TPSA) is 43.1 Å². The fourth-order valence-electron chi connectivity index (χ4n) is 0.507. The summed E-state index contributed by atoms with van der Waals surface area (Å²) in [6.07, 6.45) is 1.90. The van der Waals surface area contributed by atoms with Crippen molar-refractivity contribution in [3.63, 3.8) is 0 Å². The Kier molecular flexibility index (Phi) is 4.19. The second-order valence-electron chi connectivity index (χ2n) is 2.35. The number of amides is 1. The lowest BCUT2D eigenvalue weighted by Crippen LogP contribution is -2.11. The average molecular weight is 125 g/mol. The summed E-state index contributed by atoms with van der Waals surface area (Å²) < 4.78 is 0. The predicted molar refractivity (Wildman–Crippen MR) is 38.2 cm³/mol. The molecule has 50 valence electrons. The van der Waals surface area contributed by atoms with Gasteiger partial charge in [0.1, 0.15) is 0 Å². The van der Waals surface area contributed by atoms with Crippen LogP contribution in [0.4, 0.5) is 0 Å². The third kappa shape index (κ3) is 5.41. The maximum Gasteiger partial charge on any atom is 0.217 e. The summed E-state index contributed by atoms with van der Waals surface area (Å²) >= 11 is 0. The Hall–Kier alpha value is -0.465. The molecule has 2 radical (unpaired) electrons. The summed E-state index contributed by atoms with van der Waals surface area (Å²) in [5.74, 6) is 0.174. The molecule has 0 aromatic carbocycles. The molecule has 3 heteroatoms. The van der Waals surface area contributed by atoms with Crippen molar-refractivity contribution in [2.45, 2.75) is 26.1 Å². The highest BCUT2D eigenvalue weighted by atomic mass is 16.1. The Bertz CT molecular complexity index is 95.1. The number of carbonyl (C=O) groups is 1. The molecule has 1 unspecified atom stereocenters. The summed E-state index contributed by atoms with van der Waals surface area (Å²) in [6, 6.07) is 0. The molecule has 0 heterocycles. The Labute approximate surface area is 57.2 Å². The smallest absolute Gasteiger partial charge is 0.217 e. The van der Waals surface area contributed by atoms with E-state index < -0.39 is 0 Å². The highest BCUT2D eigenvalue weighted by Gasteiger charge is 1.99. The van der Waals surface area contributed by atoms with E-state index in [1.54, 1.807) is 0 Å². The normalized spacial score (nSPS) is 13.0. The summed E-state index contributed by atoms with van der Waals surface area (Å²) in [5.41, 5.74) is 4.92.